The van der Waals surface area contributed by atoms with Crippen molar-refractivity contribution in [3.63, 3.8) is 0 Å². The van der Waals surface area contributed by atoms with Crippen molar-refractivity contribution in [2.75, 3.05) is 26.8 Å². The highest BCUT2D eigenvalue weighted by Gasteiger charge is 2.35. The van der Waals surface area contributed by atoms with Gasteiger partial charge in [0.15, 0.2) is 5.67 Å². The lowest BCUT2D eigenvalue weighted by Gasteiger charge is -2.20. The molecule has 0 bridgehead atoms. The number of hydrogen-bond donors (Lipinski definition) is 1. The minimum Gasteiger partial charge on any atom is -0.490 e. The molecule has 1 saturated heterocycles. The van der Waals surface area contributed by atoms with Crippen molar-refractivity contribution in [2.24, 2.45) is 5.92 Å². The molecule has 1 aromatic rings. The zero-order valence-electron chi connectivity index (χ0n) is 13.5. The second-order valence-corrected chi connectivity index (χ2v) is 6.66. The summed E-state index contributed by atoms with van der Waals surface area (Å²) in [5.41, 5.74) is -0.203. The number of methoxy groups -OCH3 is 1. The molecule has 0 radical (unpaired) electrons. The van der Waals surface area contributed by atoms with E-state index in [1.54, 1.807) is 0 Å². The second-order valence-electron chi connectivity index (χ2n) is 6.66. The molecule has 126 valence electrons. The third-order valence-corrected chi connectivity index (χ3v) is 4.78. The Morgan fingerprint density at radius 3 is 2.96 bits per heavy atom. The molecule has 2 atom stereocenters. The first-order valence-electron chi connectivity index (χ1n) is 8.29. The molecule has 1 aliphatic heterocycles. The summed E-state index contributed by atoms with van der Waals surface area (Å²) in [7, 11) is 1.42. The molecular formula is C18H24FNO3. The third-order valence-electron chi connectivity index (χ3n) is 4.78. The normalized spacial score (nSPS) is 25.1. The van der Waals surface area contributed by atoms with Crippen LogP contribution in [0.4, 0.5) is 4.39 Å². The van der Waals surface area contributed by atoms with Gasteiger partial charge >= 0.3 is 5.97 Å². The van der Waals surface area contributed by atoms with Crippen molar-refractivity contribution in [1.82, 2.24) is 5.32 Å². The Morgan fingerprint density at radius 2 is 2.30 bits per heavy atom. The second kappa shape index (κ2) is 6.87. The van der Waals surface area contributed by atoms with E-state index in [2.05, 4.69) is 5.32 Å². The Kier molecular flexibility index (Phi) is 4.85. The lowest BCUT2D eigenvalue weighted by Crippen LogP contribution is -2.33. The van der Waals surface area contributed by atoms with Crippen LogP contribution in [0.3, 0.4) is 0 Å². The third kappa shape index (κ3) is 4.22. The van der Waals surface area contributed by atoms with Crippen LogP contribution in [0.1, 0.15) is 37.2 Å². The zero-order valence-corrected chi connectivity index (χ0v) is 13.5. The molecule has 1 unspecified atom stereocenters. The summed E-state index contributed by atoms with van der Waals surface area (Å²) in [6, 6.07) is 7.71. The number of carbonyl (C=O) groups excluding carboxylic acids is 1. The van der Waals surface area contributed by atoms with E-state index in [0.717, 1.165) is 18.4 Å². The Labute approximate surface area is 136 Å². The first-order valence-corrected chi connectivity index (χ1v) is 8.29. The maximum Gasteiger partial charge on any atom is 0.306 e. The summed E-state index contributed by atoms with van der Waals surface area (Å²) in [5, 5.41) is 3.02. The van der Waals surface area contributed by atoms with Crippen molar-refractivity contribution in [1.29, 1.82) is 0 Å². The number of esters is 1. The van der Waals surface area contributed by atoms with Gasteiger partial charge in [0.05, 0.1) is 13.5 Å². The molecule has 1 N–H and O–H groups in total. The summed E-state index contributed by atoms with van der Waals surface area (Å²) in [4.78, 5) is 11.6. The molecule has 0 aromatic heterocycles. The minimum atomic E-state index is -1.28. The molecule has 1 aliphatic carbocycles. The van der Waals surface area contributed by atoms with Crippen LogP contribution in [-0.4, -0.2) is 38.4 Å². The maximum absolute atomic E-state index is 14.4. The van der Waals surface area contributed by atoms with Gasteiger partial charge in [0.2, 0.25) is 0 Å². The summed E-state index contributed by atoms with van der Waals surface area (Å²) in [6.07, 6.45) is 3.17. The van der Waals surface area contributed by atoms with E-state index in [-0.39, 0.29) is 18.5 Å². The highest BCUT2D eigenvalue weighted by atomic mass is 19.1. The van der Waals surface area contributed by atoms with Crippen LogP contribution < -0.4 is 10.1 Å². The molecule has 3 rings (SSSR count). The Hall–Kier alpha value is -1.62. The monoisotopic (exact) mass is 321 g/mol. The maximum atomic E-state index is 14.4. The molecule has 5 heteroatoms. The molecule has 0 amide bonds. The standard InChI is InChI=1S/C18H24FNO3/c1-22-17(21)10-16(13-5-6-13)14-3-2-4-15(9-14)23-12-18(19)7-8-20-11-18/h2-4,9,13,16,20H,5-8,10-12H2,1H3/t16-,18?/m0/s1. The molecular weight excluding hydrogens is 297 g/mol. The fraction of sp³-hybridized carbons (Fsp3) is 0.611. The van der Waals surface area contributed by atoms with E-state index in [1.807, 2.05) is 24.3 Å². The van der Waals surface area contributed by atoms with Gasteiger partial charge in [0, 0.05) is 6.54 Å². The van der Waals surface area contributed by atoms with Gasteiger partial charge in [-0.3, -0.25) is 4.79 Å². The number of ether oxygens (including phenoxy) is 2. The van der Waals surface area contributed by atoms with Gasteiger partial charge in [0.1, 0.15) is 12.4 Å². The number of alkyl halides is 1. The van der Waals surface area contributed by atoms with Gasteiger partial charge in [-0.05, 0) is 55.3 Å². The first-order chi connectivity index (χ1) is 11.1. The number of hydrogen-bond acceptors (Lipinski definition) is 4. The topological polar surface area (TPSA) is 47.6 Å². The van der Waals surface area contributed by atoms with Crippen LogP contribution in [0.25, 0.3) is 0 Å². The largest absolute Gasteiger partial charge is 0.490 e. The molecule has 1 saturated carbocycles. The van der Waals surface area contributed by atoms with Gasteiger partial charge in [-0.2, -0.15) is 0 Å². The zero-order chi connectivity index (χ0) is 16.3. The van der Waals surface area contributed by atoms with Crippen LogP contribution in [0.5, 0.6) is 5.75 Å². The van der Waals surface area contributed by atoms with Crippen molar-refractivity contribution >= 4 is 5.97 Å². The predicted octanol–water partition coefficient (Wildman–Crippen LogP) is 2.82. The van der Waals surface area contributed by atoms with Crippen LogP contribution in [-0.2, 0) is 9.53 Å². The predicted molar refractivity (Wildman–Crippen MR) is 85.4 cm³/mol. The lowest BCUT2D eigenvalue weighted by molar-refractivity contribution is -0.141. The van der Waals surface area contributed by atoms with E-state index < -0.39 is 5.67 Å². The fourth-order valence-corrected chi connectivity index (χ4v) is 3.20. The van der Waals surface area contributed by atoms with E-state index in [4.69, 9.17) is 9.47 Å². The SMILES string of the molecule is COC(=O)C[C@H](c1cccc(OCC2(F)CCNC2)c1)C1CC1. The Bertz CT molecular complexity index is 553. The van der Waals surface area contributed by atoms with E-state index in [1.165, 1.54) is 7.11 Å². The Morgan fingerprint density at radius 1 is 1.48 bits per heavy atom. The summed E-state index contributed by atoms with van der Waals surface area (Å²) in [6.45, 7) is 1.11. The number of halogens is 1. The first kappa shape index (κ1) is 16.2. The van der Waals surface area contributed by atoms with Crippen molar-refractivity contribution in [3.05, 3.63) is 29.8 Å². The number of rotatable bonds is 7. The van der Waals surface area contributed by atoms with Crippen LogP contribution in [0.2, 0.25) is 0 Å². The van der Waals surface area contributed by atoms with Gasteiger partial charge < -0.3 is 14.8 Å². The summed E-state index contributed by atoms with van der Waals surface area (Å²) in [5.74, 6) is 1.18. The fourth-order valence-electron chi connectivity index (χ4n) is 3.20. The highest BCUT2D eigenvalue weighted by molar-refractivity contribution is 5.70. The molecule has 2 fully saturated rings. The smallest absolute Gasteiger partial charge is 0.306 e. The van der Waals surface area contributed by atoms with Crippen LogP contribution >= 0.6 is 0 Å². The van der Waals surface area contributed by atoms with E-state index >= 15 is 0 Å². The highest BCUT2D eigenvalue weighted by Crippen LogP contribution is 2.45. The van der Waals surface area contributed by atoms with Crippen LogP contribution in [0.15, 0.2) is 24.3 Å². The molecule has 23 heavy (non-hydrogen) atoms. The number of carbonyl (C=O) groups is 1. The molecule has 1 heterocycles. The van der Waals surface area contributed by atoms with E-state index in [9.17, 15) is 9.18 Å². The van der Waals surface area contributed by atoms with E-state index in [0.29, 0.717) is 37.6 Å². The summed E-state index contributed by atoms with van der Waals surface area (Å²) < 4.78 is 24.9. The number of benzene rings is 1. The molecule has 1 aromatic carbocycles. The lowest BCUT2D eigenvalue weighted by atomic mass is 9.91. The Balaban J connectivity index is 1.66. The summed E-state index contributed by atoms with van der Waals surface area (Å²) >= 11 is 0. The van der Waals surface area contributed by atoms with Crippen molar-refractivity contribution < 1.29 is 18.7 Å². The van der Waals surface area contributed by atoms with Crippen molar-refractivity contribution in [3.8, 4) is 5.75 Å². The van der Waals surface area contributed by atoms with Gasteiger partial charge in [-0.15, -0.1) is 0 Å². The van der Waals surface area contributed by atoms with Gasteiger partial charge in [-0.1, -0.05) is 12.1 Å². The molecule has 4 nitrogen and oxygen atoms in total. The quantitative estimate of drug-likeness (QED) is 0.785. The average molecular weight is 321 g/mol. The van der Waals surface area contributed by atoms with Gasteiger partial charge in [-0.25, -0.2) is 4.39 Å². The minimum absolute atomic E-state index is 0.0640. The van der Waals surface area contributed by atoms with Crippen LogP contribution in [0, 0.1) is 5.92 Å². The molecule has 2 aliphatic rings. The number of nitrogens with one attached hydrogen (secondary N) is 1. The average Bonchev–Trinajstić information content (AvgIpc) is 3.32. The van der Waals surface area contributed by atoms with Crippen molar-refractivity contribution in [2.45, 2.75) is 37.3 Å². The molecule has 0 spiro atoms. The van der Waals surface area contributed by atoms with Gasteiger partial charge in [0.25, 0.3) is 0 Å².